The Bertz CT molecular complexity index is 124. The van der Waals surface area contributed by atoms with Gasteiger partial charge in [-0.2, -0.15) is 11.8 Å². The van der Waals surface area contributed by atoms with E-state index < -0.39 is 5.60 Å². The van der Waals surface area contributed by atoms with Gasteiger partial charge < -0.3 is 10.2 Å². The van der Waals surface area contributed by atoms with Crippen molar-refractivity contribution in [3.05, 3.63) is 0 Å². The average Bonchev–Trinajstić information content (AvgIpc) is 2.00. The van der Waals surface area contributed by atoms with E-state index in [0.717, 1.165) is 6.42 Å². The molecule has 0 saturated carbocycles. The Kier molecular flexibility index (Phi) is 5.21. The molecule has 0 fully saturated rings. The number of hydrogen-bond acceptors (Lipinski definition) is 3. The van der Waals surface area contributed by atoms with Gasteiger partial charge in [0.15, 0.2) is 0 Å². The summed E-state index contributed by atoms with van der Waals surface area (Å²) in [6, 6.07) is 0. The van der Waals surface area contributed by atoms with Crippen LogP contribution < -0.4 is 0 Å². The summed E-state index contributed by atoms with van der Waals surface area (Å²) in [5.74, 6) is 0.690. The molecule has 0 aliphatic carbocycles. The van der Waals surface area contributed by atoms with Crippen LogP contribution in [0.3, 0.4) is 0 Å². The van der Waals surface area contributed by atoms with Crippen LogP contribution in [0.15, 0.2) is 0 Å². The molecular formula is C9H20O2S. The van der Waals surface area contributed by atoms with Crippen LogP contribution in [0.4, 0.5) is 0 Å². The van der Waals surface area contributed by atoms with Gasteiger partial charge in [0.25, 0.3) is 0 Å². The Balaban J connectivity index is 3.67. The molecule has 0 spiro atoms. The monoisotopic (exact) mass is 192 g/mol. The molecule has 0 aromatic carbocycles. The molecule has 3 unspecified atom stereocenters. The van der Waals surface area contributed by atoms with Gasteiger partial charge in [0.2, 0.25) is 0 Å². The molecule has 0 aromatic heterocycles. The molecule has 0 aliphatic rings. The molecule has 0 amide bonds. The Labute approximate surface area is 79.4 Å². The molecule has 0 bridgehead atoms. The van der Waals surface area contributed by atoms with Crippen LogP contribution in [0.25, 0.3) is 0 Å². The smallest absolute Gasteiger partial charge is 0.0707 e. The van der Waals surface area contributed by atoms with E-state index in [0.29, 0.717) is 5.75 Å². The zero-order valence-electron chi connectivity index (χ0n) is 8.37. The minimum Gasteiger partial charge on any atom is -0.392 e. The van der Waals surface area contributed by atoms with Gasteiger partial charge in [-0.15, -0.1) is 0 Å². The van der Waals surface area contributed by atoms with Crippen LogP contribution in [0.5, 0.6) is 0 Å². The van der Waals surface area contributed by atoms with E-state index in [2.05, 4.69) is 0 Å². The van der Waals surface area contributed by atoms with Crippen LogP contribution in [0, 0.1) is 0 Å². The molecule has 2 nitrogen and oxygen atoms in total. The largest absolute Gasteiger partial charge is 0.392 e. The van der Waals surface area contributed by atoms with Gasteiger partial charge in [0.05, 0.1) is 11.7 Å². The molecule has 0 aromatic rings. The SMILES string of the molecule is CCC(C)(O)CSC(C)C(C)O. The van der Waals surface area contributed by atoms with Gasteiger partial charge in [-0.25, -0.2) is 0 Å². The number of aliphatic hydroxyl groups excluding tert-OH is 1. The van der Waals surface area contributed by atoms with E-state index in [4.69, 9.17) is 0 Å². The summed E-state index contributed by atoms with van der Waals surface area (Å²) in [4.78, 5) is 0. The second-order valence-electron chi connectivity index (χ2n) is 3.61. The maximum absolute atomic E-state index is 9.65. The minimum atomic E-state index is -0.589. The van der Waals surface area contributed by atoms with E-state index in [1.54, 1.807) is 18.7 Å². The minimum absolute atomic E-state index is 0.197. The second-order valence-corrected chi connectivity index (χ2v) is 4.97. The van der Waals surface area contributed by atoms with Crippen molar-refractivity contribution in [1.82, 2.24) is 0 Å². The normalized spacial score (nSPS) is 21.5. The van der Waals surface area contributed by atoms with Crippen molar-refractivity contribution < 1.29 is 10.2 Å². The Morgan fingerprint density at radius 1 is 1.42 bits per heavy atom. The van der Waals surface area contributed by atoms with Gasteiger partial charge in [-0.1, -0.05) is 13.8 Å². The van der Waals surface area contributed by atoms with Crippen molar-refractivity contribution in [2.45, 2.75) is 51.1 Å². The van der Waals surface area contributed by atoms with E-state index in [9.17, 15) is 10.2 Å². The fourth-order valence-corrected chi connectivity index (χ4v) is 1.66. The first-order valence-electron chi connectivity index (χ1n) is 4.41. The maximum atomic E-state index is 9.65. The topological polar surface area (TPSA) is 40.5 Å². The van der Waals surface area contributed by atoms with Crippen molar-refractivity contribution in [3.8, 4) is 0 Å². The lowest BCUT2D eigenvalue weighted by atomic mass is 10.1. The molecule has 74 valence electrons. The molecule has 0 heterocycles. The molecule has 12 heavy (non-hydrogen) atoms. The molecule has 0 radical (unpaired) electrons. The zero-order chi connectivity index (χ0) is 9.78. The van der Waals surface area contributed by atoms with Gasteiger partial charge >= 0.3 is 0 Å². The molecule has 0 aliphatic heterocycles. The summed E-state index contributed by atoms with van der Waals surface area (Å²) in [6.07, 6.45) is 0.453. The Morgan fingerprint density at radius 2 is 1.92 bits per heavy atom. The lowest BCUT2D eigenvalue weighted by Gasteiger charge is -2.23. The van der Waals surface area contributed by atoms with Crippen LogP contribution in [-0.4, -0.2) is 32.9 Å². The quantitative estimate of drug-likeness (QED) is 0.696. The third-order valence-electron chi connectivity index (χ3n) is 2.10. The highest BCUT2D eigenvalue weighted by Gasteiger charge is 2.20. The summed E-state index contributed by atoms with van der Waals surface area (Å²) in [5.41, 5.74) is -0.589. The summed E-state index contributed by atoms with van der Waals surface area (Å²) < 4.78 is 0. The summed E-state index contributed by atoms with van der Waals surface area (Å²) in [7, 11) is 0. The predicted molar refractivity (Wildman–Crippen MR) is 54.5 cm³/mol. The molecule has 2 N–H and O–H groups in total. The van der Waals surface area contributed by atoms with E-state index in [1.165, 1.54) is 0 Å². The fraction of sp³-hybridized carbons (Fsp3) is 1.00. The van der Waals surface area contributed by atoms with Crippen molar-refractivity contribution in [3.63, 3.8) is 0 Å². The van der Waals surface area contributed by atoms with Gasteiger partial charge in [-0.05, 0) is 20.3 Å². The zero-order valence-corrected chi connectivity index (χ0v) is 9.19. The molecule has 0 rings (SSSR count). The van der Waals surface area contributed by atoms with Crippen LogP contribution in [0.2, 0.25) is 0 Å². The van der Waals surface area contributed by atoms with Crippen molar-refractivity contribution >= 4 is 11.8 Å². The van der Waals surface area contributed by atoms with E-state index >= 15 is 0 Å². The molecule has 3 heteroatoms. The van der Waals surface area contributed by atoms with Gasteiger partial charge in [-0.3, -0.25) is 0 Å². The average molecular weight is 192 g/mol. The second kappa shape index (κ2) is 5.10. The summed E-state index contributed by atoms with van der Waals surface area (Å²) in [5, 5.41) is 19.0. The highest BCUT2D eigenvalue weighted by Crippen LogP contribution is 2.21. The highest BCUT2D eigenvalue weighted by atomic mass is 32.2. The van der Waals surface area contributed by atoms with Crippen LogP contribution in [-0.2, 0) is 0 Å². The first-order chi connectivity index (χ1) is 5.39. The summed E-state index contributed by atoms with van der Waals surface area (Å²) in [6.45, 7) is 7.54. The first kappa shape index (κ1) is 12.3. The van der Waals surface area contributed by atoms with Crippen LogP contribution >= 0.6 is 11.8 Å². The van der Waals surface area contributed by atoms with Gasteiger partial charge in [0, 0.05) is 11.0 Å². The molecule has 3 atom stereocenters. The Morgan fingerprint density at radius 3 is 2.25 bits per heavy atom. The van der Waals surface area contributed by atoms with Crippen molar-refractivity contribution in [2.24, 2.45) is 0 Å². The fourth-order valence-electron chi connectivity index (χ4n) is 0.552. The Hall–Kier alpha value is 0.270. The first-order valence-corrected chi connectivity index (χ1v) is 5.46. The number of thioether (sulfide) groups is 1. The molecule has 0 saturated heterocycles. The third kappa shape index (κ3) is 5.01. The number of hydrogen-bond donors (Lipinski definition) is 2. The maximum Gasteiger partial charge on any atom is 0.0707 e. The number of rotatable bonds is 5. The van der Waals surface area contributed by atoms with E-state index in [-0.39, 0.29) is 11.4 Å². The predicted octanol–water partition coefficient (Wildman–Crippen LogP) is 1.65. The highest BCUT2D eigenvalue weighted by molar-refractivity contribution is 8.00. The van der Waals surface area contributed by atoms with E-state index in [1.807, 2.05) is 20.8 Å². The third-order valence-corrected chi connectivity index (χ3v) is 3.81. The van der Waals surface area contributed by atoms with Crippen molar-refractivity contribution in [2.75, 3.05) is 5.75 Å². The lowest BCUT2D eigenvalue weighted by molar-refractivity contribution is 0.0812. The molecular weight excluding hydrogens is 172 g/mol. The van der Waals surface area contributed by atoms with Gasteiger partial charge in [0.1, 0.15) is 0 Å². The number of aliphatic hydroxyl groups is 2. The van der Waals surface area contributed by atoms with Crippen molar-refractivity contribution in [1.29, 1.82) is 0 Å². The standard InChI is InChI=1S/C9H20O2S/c1-5-9(4,11)6-12-8(3)7(2)10/h7-8,10-11H,5-6H2,1-4H3. The summed E-state index contributed by atoms with van der Waals surface area (Å²) >= 11 is 1.62. The lowest BCUT2D eigenvalue weighted by Crippen LogP contribution is -2.28. The van der Waals surface area contributed by atoms with Crippen LogP contribution in [0.1, 0.15) is 34.1 Å².